The van der Waals surface area contributed by atoms with E-state index in [0.717, 1.165) is 31.6 Å². The molecule has 1 unspecified atom stereocenters. The predicted molar refractivity (Wildman–Crippen MR) is 65.0 cm³/mol. The molecule has 0 aromatic rings. The van der Waals surface area contributed by atoms with Gasteiger partial charge in [-0.3, -0.25) is 4.79 Å². The van der Waals surface area contributed by atoms with E-state index < -0.39 is 5.41 Å². The molecule has 1 aliphatic rings. The zero-order chi connectivity index (χ0) is 12.0. The molecular weight excluding hydrogens is 202 g/mol. The maximum absolute atomic E-state index is 12.0. The molecule has 1 aliphatic carbocycles. The summed E-state index contributed by atoms with van der Waals surface area (Å²) in [5.74, 6) is 0.761. The molecule has 1 saturated carbocycles. The minimum absolute atomic E-state index is 0.0833. The van der Waals surface area contributed by atoms with Crippen LogP contribution in [0.15, 0.2) is 0 Å². The topological polar surface area (TPSA) is 52.3 Å². The summed E-state index contributed by atoms with van der Waals surface area (Å²) < 4.78 is 5.18. The maximum Gasteiger partial charge on any atom is 0.313 e. The minimum atomic E-state index is -0.409. The Morgan fingerprint density at radius 2 is 2.06 bits per heavy atom. The van der Waals surface area contributed by atoms with Crippen molar-refractivity contribution in [3.63, 3.8) is 0 Å². The van der Waals surface area contributed by atoms with Crippen molar-refractivity contribution in [1.29, 1.82) is 0 Å². The summed E-state index contributed by atoms with van der Waals surface area (Å²) >= 11 is 0. The van der Waals surface area contributed by atoms with Crippen molar-refractivity contribution < 1.29 is 9.53 Å². The fraction of sp³-hybridized carbons (Fsp3) is 0.923. The summed E-state index contributed by atoms with van der Waals surface area (Å²) in [5.41, 5.74) is 5.42. The average molecular weight is 227 g/mol. The first-order chi connectivity index (χ1) is 7.68. The number of hydrogen-bond acceptors (Lipinski definition) is 3. The predicted octanol–water partition coefficient (Wildman–Crippen LogP) is 2.48. The Morgan fingerprint density at radius 1 is 1.38 bits per heavy atom. The van der Waals surface area contributed by atoms with E-state index in [1.807, 2.05) is 6.92 Å². The second-order valence-electron chi connectivity index (χ2n) is 4.94. The van der Waals surface area contributed by atoms with Crippen molar-refractivity contribution in [1.82, 2.24) is 0 Å². The molecule has 1 fully saturated rings. The van der Waals surface area contributed by atoms with Gasteiger partial charge >= 0.3 is 5.97 Å². The summed E-state index contributed by atoms with van der Waals surface area (Å²) in [7, 11) is 0. The molecule has 94 valence electrons. The van der Waals surface area contributed by atoms with Crippen LogP contribution in [0.4, 0.5) is 0 Å². The molecule has 0 saturated heterocycles. The average Bonchev–Trinajstić information content (AvgIpc) is 3.08. The van der Waals surface area contributed by atoms with E-state index in [-0.39, 0.29) is 5.97 Å². The number of esters is 1. The number of nitrogens with two attached hydrogens (primary N) is 1. The van der Waals surface area contributed by atoms with E-state index in [9.17, 15) is 4.79 Å². The van der Waals surface area contributed by atoms with Crippen LogP contribution in [-0.4, -0.2) is 19.1 Å². The van der Waals surface area contributed by atoms with Crippen molar-refractivity contribution in [2.75, 3.05) is 13.2 Å². The second kappa shape index (κ2) is 6.24. The van der Waals surface area contributed by atoms with E-state index in [2.05, 4.69) is 6.92 Å². The molecule has 0 heterocycles. The van der Waals surface area contributed by atoms with Gasteiger partial charge in [0.1, 0.15) is 0 Å². The lowest BCUT2D eigenvalue weighted by Crippen LogP contribution is -2.40. The molecule has 0 aliphatic heterocycles. The molecule has 1 rings (SSSR count). The van der Waals surface area contributed by atoms with E-state index in [4.69, 9.17) is 10.5 Å². The molecule has 0 aromatic heterocycles. The number of carbonyl (C=O) groups is 1. The zero-order valence-electron chi connectivity index (χ0n) is 10.6. The highest BCUT2D eigenvalue weighted by Crippen LogP contribution is 2.39. The van der Waals surface area contributed by atoms with Crippen LogP contribution >= 0.6 is 0 Å². The fourth-order valence-corrected chi connectivity index (χ4v) is 2.27. The van der Waals surface area contributed by atoms with E-state index in [1.165, 1.54) is 12.8 Å². The largest absolute Gasteiger partial charge is 0.466 e. The van der Waals surface area contributed by atoms with Crippen LogP contribution in [-0.2, 0) is 9.53 Å². The minimum Gasteiger partial charge on any atom is -0.466 e. The Morgan fingerprint density at radius 3 is 2.50 bits per heavy atom. The van der Waals surface area contributed by atoms with Crippen LogP contribution in [0.3, 0.4) is 0 Å². The van der Waals surface area contributed by atoms with Gasteiger partial charge in [0, 0.05) is 6.54 Å². The monoisotopic (exact) mass is 227 g/mol. The molecule has 0 amide bonds. The van der Waals surface area contributed by atoms with Crippen molar-refractivity contribution in [2.24, 2.45) is 17.1 Å². The molecular formula is C13H25NO2. The molecule has 3 nitrogen and oxygen atoms in total. The van der Waals surface area contributed by atoms with Crippen LogP contribution in [0, 0.1) is 11.3 Å². The van der Waals surface area contributed by atoms with Gasteiger partial charge in [-0.1, -0.05) is 26.2 Å². The van der Waals surface area contributed by atoms with Gasteiger partial charge < -0.3 is 10.5 Å². The molecule has 1 atom stereocenters. The Bertz CT molecular complexity index is 226. The van der Waals surface area contributed by atoms with Gasteiger partial charge in [-0.25, -0.2) is 0 Å². The molecule has 0 aromatic carbocycles. The number of hydrogen-bond donors (Lipinski definition) is 1. The normalized spacial score (nSPS) is 19.2. The van der Waals surface area contributed by atoms with Crippen LogP contribution in [0.5, 0.6) is 0 Å². The van der Waals surface area contributed by atoms with E-state index in [0.29, 0.717) is 13.2 Å². The van der Waals surface area contributed by atoms with Gasteiger partial charge in [0.05, 0.1) is 12.0 Å². The van der Waals surface area contributed by atoms with Crippen molar-refractivity contribution in [3.05, 3.63) is 0 Å². The molecule has 3 heteroatoms. The molecule has 0 radical (unpaired) electrons. The highest BCUT2D eigenvalue weighted by Gasteiger charge is 2.39. The summed E-state index contributed by atoms with van der Waals surface area (Å²) in [6.45, 7) is 4.83. The third kappa shape index (κ3) is 3.48. The first-order valence-electron chi connectivity index (χ1n) is 6.55. The highest BCUT2D eigenvalue weighted by atomic mass is 16.5. The lowest BCUT2D eigenvalue weighted by Gasteiger charge is -2.29. The van der Waals surface area contributed by atoms with Gasteiger partial charge in [-0.2, -0.15) is 0 Å². The first kappa shape index (κ1) is 13.5. The van der Waals surface area contributed by atoms with Crippen LogP contribution in [0.1, 0.15) is 52.4 Å². The second-order valence-corrected chi connectivity index (χ2v) is 4.94. The van der Waals surface area contributed by atoms with Gasteiger partial charge in [0.15, 0.2) is 0 Å². The molecule has 0 spiro atoms. The Balaban J connectivity index is 2.58. The summed E-state index contributed by atoms with van der Waals surface area (Å²) in [6, 6.07) is 0. The maximum atomic E-state index is 12.0. The van der Waals surface area contributed by atoms with Gasteiger partial charge in [-0.05, 0) is 32.1 Å². The van der Waals surface area contributed by atoms with Gasteiger partial charge in [0.25, 0.3) is 0 Å². The van der Waals surface area contributed by atoms with Crippen molar-refractivity contribution in [3.8, 4) is 0 Å². The summed E-state index contributed by atoms with van der Waals surface area (Å²) in [6.07, 6.45) is 6.54. The standard InChI is InChI=1S/C13H25NO2/c1-3-8-13(10-14,12(15)16-4-2)9-7-11-5-6-11/h11H,3-10,14H2,1-2H3. The van der Waals surface area contributed by atoms with Crippen molar-refractivity contribution >= 4 is 5.97 Å². The van der Waals surface area contributed by atoms with E-state index >= 15 is 0 Å². The Hall–Kier alpha value is -0.570. The van der Waals surface area contributed by atoms with Crippen LogP contribution < -0.4 is 5.73 Å². The molecule has 16 heavy (non-hydrogen) atoms. The Kier molecular flexibility index (Phi) is 5.26. The highest BCUT2D eigenvalue weighted by molar-refractivity contribution is 5.77. The zero-order valence-corrected chi connectivity index (χ0v) is 10.6. The SMILES string of the molecule is CCCC(CN)(CCC1CC1)C(=O)OCC. The van der Waals surface area contributed by atoms with Crippen LogP contribution in [0.25, 0.3) is 0 Å². The van der Waals surface area contributed by atoms with Crippen LogP contribution in [0.2, 0.25) is 0 Å². The fourth-order valence-electron chi connectivity index (χ4n) is 2.27. The third-order valence-corrected chi connectivity index (χ3v) is 3.56. The summed E-state index contributed by atoms with van der Waals surface area (Å²) in [4.78, 5) is 12.0. The number of carbonyl (C=O) groups excluding carboxylic acids is 1. The molecule has 0 bridgehead atoms. The van der Waals surface area contributed by atoms with Gasteiger partial charge in [0.2, 0.25) is 0 Å². The lowest BCUT2D eigenvalue weighted by atomic mass is 9.78. The smallest absolute Gasteiger partial charge is 0.313 e. The Labute approximate surface area is 98.7 Å². The third-order valence-electron chi connectivity index (χ3n) is 3.56. The quantitative estimate of drug-likeness (QED) is 0.648. The number of ether oxygens (including phenoxy) is 1. The van der Waals surface area contributed by atoms with Crippen molar-refractivity contribution in [2.45, 2.75) is 52.4 Å². The van der Waals surface area contributed by atoms with E-state index in [1.54, 1.807) is 0 Å². The first-order valence-corrected chi connectivity index (χ1v) is 6.55. The van der Waals surface area contributed by atoms with Gasteiger partial charge in [-0.15, -0.1) is 0 Å². The number of rotatable bonds is 8. The lowest BCUT2D eigenvalue weighted by molar-refractivity contribution is -0.156. The molecule has 2 N–H and O–H groups in total. The summed E-state index contributed by atoms with van der Waals surface area (Å²) in [5, 5.41) is 0.